The van der Waals surface area contributed by atoms with Crippen LogP contribution in [0.5, 0.6) is 0 Å². The normalized spacial score (nSPS) is 13.8. The summed E-state index contributed by atoms with van der Waals surface area (Å²) in [6, 6.07) is 62.0. The summed E-state index contributed by atoms with van der Waals surface area (Å²) in [5, 5.41) is 9.71. The van der Waals surface area contributed by atoms with Crippen molar-refractivity contribution in [3.63, 3.8) is 0 Å². The van der Waals surface area contributed by atoms with E-state index in [9.17, 15) is 5.26 Å². The zero-order valence-corrected chi connectivity index (χ0v) is 31.0. The molecule has 0 unspecified atom stereocenters. The Morgan fingerprint density at radius 1 is 0.375 bits per heavy atom. The summed E-state index contributed by atoms with van der Waals surface area (Å²) < 4.78 is 0. The lowest BCUT2D eigenvalue weighted by molar-refractivity contribution is 0.353. The Hall–Kier alpha value is -6.96. The Balaban J connectivity index is 1.02. The maximum Gasteiger partial charge on any atom is 0.164 e. The van der Waals surface area contributed by atoms with Gasteiger partial charge in [-0.3, -0.25) is 0 Å². The molecule has 0 N–H and O–H groups in total. The molecule has 1 aromatic heterocycles. The number of hydrogen-bond acceptors (Lipinski definition) is 4. The minimum atomic E-state index is 0.0186. The molecule has 266 valence electrons. The van der Waals surface area contributed by atoms with E-state index >= 15 is 0 Å². The van der Waals surface area contributed by atoms with Crippen molar-refractivity contribution in [1.29, 1.82) is 5.26 Å². The fraction of sp³-hybridized carbons (Fsp3) is 0.115. The Kier molecular flexibility index (Phi) is 8.42. The van der Waals surface area contributed by atoms with Gasteiger partial charge in [0.25, 0.3) is 0 Å². The second-order valence-electron chi connectivity index (χ2n) is 15.1. The van der Waals surface area contributed by atoms with Crippen molar-refractivity contribution in [1.82, 2.24) is 15.0 Å². The highest BCUT2D eigenvalue weighted by atomic mass is 15.0. The molecule has 8 aromatic rings. The van der Waals surface area contributed by atoms with Crippen LogP contribution in [0.4, 0.5) is 0 Å². The van der Waals surface area contributed by atoms with E-state index in [2.05, 4.69) is 133 Å². The van der Waals surface area contributed by atoms with Crippen LogP contribution in [0.3, 0.4) is 0 Å². The van der Waals surface area contributed by atoms with Crippen LogP contribution in [0.1, 0.15) is 48.8 Å². The van der Waals surface area contributed by atoms with Crippen LogP contribution in [0.2, 0.25) is 0 Å². The van der Waals surface area contributed by atoms with Crippen molar-refractivity contribution in [2.45, 2.75) is 37.5 Å². The summed E-state index contributed by atoms with van der Waals surface area (Å²) >= 11 is 0. The number of nitrogens with zero attached hydrogens (tertiary/aromatic N) is 4. The fourth-order valence-corrected chi connectivity index (χ4v) is 8.96. The van der Waals surface area contributed by atoms with Crippen LogP contribution < -0.4 is 0 Å². The van der Waals surface area contributed by atoms with Gasteiger partial charge in [0.05, 0.1) is 11.6 Å². The van der Waals surface area contributed by atoms with Gasteiger partial charge in [-0.15, -0.1) is 0 Å². The molecule has 2 aliphatic rings. The third kappa shape index (κ3) is 5.99. The number of fused-ring (bicyclic) bond motifs is 5. The highest BCUT2D eigenvalue weighted by Crippen LogP contribution is 2.56. The first-order valence-electron chi connectivity index (χ1n) is 19.5. The van der Waals surface area contributed by atoms with Crippen molar-refractivity contribution in [3.8, 4) is 84.7 Å². The Bertz CT molecular complexity index is 2780. The average molecular weight is 719 g/mol. The Morgan fingerprint density at radius 3 is 1.50 bits per heavy atom. The van der Waals surface area contributed by atoms with E-state index in [0.29, 0.717) is 17.5 Å². The second kappa shape index (κ2) is 14.0. The molecule has 0 bridgehead atoms. The van der Waals surface area contributed by atoms with Gasteiger partial charge in [-0.2, -0.15) is 5.26 Å². The highest BCUT2D eigenvalue weighted by Gasteiger charge is 2.43. The average Bonchev–Trinajstić information content (AvgIpc) is 3.54. The van der Waals surface area contributed by atoms with E-state index in [1.807, 2.05) is 42.5 Å². The van der Waals surface area contributed by atoms with Crippen molar-refractivity contribution in [2.24, 2.45) is 0 Å². The molecule has 0 aliphatic heterocycles. The molecule has 10 rings (SSSR count). The molecule has 1 spiro atoms. The SMILES string of the molecule is N#Cc1ccc2c(c1)-c1ccc(-c3cccc(-c4cccc(-c5nc(-c6ccccc6)nc(-c6ccc(-c7ccccc7)cc6)n5)c4)c3)cc1C21CCCCC1. The van der Waals surface area contributed by atoms with E-state index < -0.39 is 0 Å². The van der Waals surface area contributed by atoms with Gasteiger partial charge < -0.3 is 0 Å². The molecular formula is C52H38N4. The molecule has 1 saturated carbocycles. The molecule has 0 amide bonds. The molecule has 4 heteroatoms. The van der Waals surface area contributed by atoms with Crippen molar-refractivity contribution in [2.75, 3.05) is 0 Å². The van der Waals surface area contributed by atoms with Crippen LogP contribution >= 0.6 is 0 Å². The lowest BCUT2D eigenvalue weighted by Crippen LogP contribution is -2.28. The van der Waals surface area contributed by atoms with Crippen LogP contribution in [-0.2, 0) is 5.41 Å². The fourth-order valence-electron chi connectivity index (χ4n) is 8.96. The zero-order chi connectivity index (χ0) is 37.5. The Labute approximate surface area is 327 Å². The van der Waals surface area contributed by atoms with Gasteiger partial charge >= 0.3 is 0 Å². The van der Waals surface area contributed by atoms with Gasteiger partial charge in [-0.1, -0.05) is 159 Å². The van der Waals surface area contributed by atoms with E-state index in [4.69, 9.17) is 15.0 Å². The molecule has 7 aromatic carbocycles. The molecule has 0 atom stereocenters. The number of aromatic nitrogens is 3. The number of rotatable bonds is 6. The first kappa shape index (κ1) is 33.6. The van der Waals surface area contributed by atoms with Crippen molar-refractivity contribution >= 4 is 0 Å². The number of nitriles is 1. The molecule has 2 aliphatic carbocycles. The zero-order valence-electron chi connectivity index (χ0n) is 31.0. The monoisotopic (exact) mass is 718 g/mol. The highest BCUT2D eigenvalue weighted by molar-refractivity contribution is 5.86. The van der Waals surface area contributed by atoms with E-state index in [0.717, 1.165) is 51.8 Å². The number of hydrogen-bond donors (Lipinski definition) is 0. The lowest BCUT2D eigenvalue weighted by atomic mass is 9.67. The Morgan fingerprint density at radius 2 is 0.857 bits per heavy atom. The second-order valence-corrected chi connectivity index (χ2v) is 15.1. The molecule has 1 heterocycles. The van der Waals surface area contributed by atoms with Gasteiger partial charge in [0.2, 0.25) is 0 Å². The molecule has 0 saturated heterocycles. The van der Waals surface area contributed by atoms with Gasteiger partial charge in [-0.25, -0.2) is 15.0 Å². The molecule has 56 heavy (non-hydrogen) atoms. The summed E-state index contributed by atoms with van der Waals surface area (Å²) in [7, 11) is 0. The largest absolute Gasteiger partial charge is 0.208 e. The van der Waals surface area contributed by atoms with Crippen LogP contribution in [0.25, 0.3) is 78.7 Å². The summed E-state index contributed by atoms with van der Waals surface area (Å²) in [5.41, 5.74) is 15.8. The topological polar surface area (TPSA) is 62.5 Å². The van der Waals surface area contributed by atoms with Gasteiger partial charge in [0, 0.05) is 22.1 Å². The van der Waals surface area contributed by atoms with Crippen molar-refractivity contribution < 1.29 is 0 Å². The standard InChI is InChI=1S/C52H38N4/c53-34-35-20-27-47-46(30-35)45-26-25-43(33-48(45)52(47)28-8-3-9-29-52)41-17-10-16-40(31-41)42-18-11-19-44(32-42)51-55-49(38-14-6-2-7-15-38)54-50(56-51)39-23-21-37(22-24-39)36-12-4-1-5-13-36/h1-2,4-7,10-27,30-33H,3,8-9,28-29H2. The smallest absolute Gasteiger partial charge is 0.164 e. The summed E-state index contributed by atoms with van der Waals surface area (Å²) in [6.07, 6.45) is 6.04. The third-order valence-electron chi connectivity index (χ3n) is 11.8. The van der Waals surface area contributed by atoms with Crippen LogP contribution in [0.15, 0.2) is 170 Å². The molecule has 4 nitrogen and oxygen atoms in total. The van der Waals surface area contributed by atoms with E-state index in [1.165, 1.54) is 58.2 Å². The first-order chi connectivity index (χ1) is 27.6. The van der Waals surface area contributed by atoms with Gasteiger partial charge in [0.15, 0.2) is 17.5 Å². The van der Waals surface area contributed by atoms with Gasteiger partial charge in [-0.05, 0) is 98.8 Å². The van der Waals surface area contributed by atoms with E-state index in [1.54, 1.807) is 0 Å². The first-order valence-corrected chi connectivity index (χ1v) is 19.5. The van der Waals surface area contributed by atoms with E-state index in [-0.39, 0.29) is 5.41 Å². The lowest BCUT2D eigenvalue weighted by Gasteiger charge is -2.36. The van der Waals surface area contributed by atoms with Crippen molar-refractivity contribution in [3.05, 3.63) is 187 Å². The quantitative estimate of drug-likeness (QED) is 0.172. The van der Waals surface area contributed by atoms with Crippen LogP contribution in [-0.4, -0.2) is 15.0 Å². The minimum absolute atomic E-state index is 0.0186. The molecule has 0 radical (unpaired) electrons. The molecular weight excluding hydrogens is 681 g/mol. The van der Waals surface area contributed by atoms with Gasteiger partial charge in [0.1, 0.15) is 0 Å². The predicted octanol–water partition coefficient (Wildman–Crippen LogP) is 13.0. The summed E-state index contributed by atoms with van der Waals surface area (Å²) in [5.74, 6) is 1.91. The predicted molar refractivity (Wildman–Crippen MR) is 226 cm³/mol. The van der Waals surface area contributed by atoms with Crippen LogP contribution in [0, 0.1) is 11.3 Å². The molecule has 1 fully saturated rings. The third-order valence-corrected chi connectivity index (χ3v) is 11.8. The maximum atomic E-state index is 9.71. The number of benzene rings is 7. The minimum Gasteiger partial charge on any atom is -0.208 e. The summed E-state index contributed by atoms with van der Waals surface area (Å²) in [6.45, 7) is 0. The maximum absolute atomic E-state index is 9.71. The summed E-state index contributed by atoms with van der Waals surface area (Å²) in [4.78, 5) is 15.1.